The lowest BCUT2D eigenvalue weighted by Crippen LogP contribution is -2.26. The minimum Gasteiger partial charge on any atom is -0.204 e. The number of benzene rings is 1. The molecule has 0 bridgehead atoms. The summed E-state index contributed by atoms with van der Waals surface area (Å²) in [4.78, 5) is 0. The molecule has 1 aromatic rings. The highest BCUT2D eigenvalue weighted by Gasteiger charge is 2.30. The number of unbranched alkanes of at least 4 members (excludes halogenated alkanes) is 1. The molecular formula is C24H36F2. The van der Waals surface area contributed by atoms with Gasteiger partial charge in [-0.25, -0.2) is 8.78 Å². The molecule has 0 aliphatic heterocycles. The van der Waals surface area contributed by atoms with Gasteiger partial charge in [0.05, 0.1) is 0 Å². The van der Waals surface area contributed by atoms with E-state index >= 15 is 0 Å². The number of aryl methyl sites for hydroxylation is 1. The molecule has 2 saturated carbocycles. The van der Waals surface area contributed by atoms with Gasteiger partial charge < -0.3 is 0 Å². The molecule has 0 N–H and O–H groups in total. The van der Waals surface area contributed by atoms with Crippen molar-refractivity contribution in [3.63, 3.8) is 0 Å². The second-order valence-corrected chi connectivity index (χ2v) is 8.99. The first-order valence-corrected chi connectivity index (χ1v) is 11.1. The summed E-state index contributed by atoms with van der Waals surface area (Å²) >= 11 is 0. The Morgan fingerprint density at radius 2 is 1.35 bits per heavy atom. The minimum atomic E-state index is -0.737. The lowest BCUT2D eigenvalue weighted by Gasteiger charge is -2.38. The fourth-order valence-corrected chi connectivity index (χ4v) is 5.46. The Morgan fingerprint density at radius 1 is 0.769 bits per heavy atom. The lowest BCUT2D eigenvalue weighted by molar-refractivity contribution is 0.140. The third-order valence-electron chi connectivity index (χ3n) is 7.24. The molecule has 2 heteroatoms. The Bertz CT molecular complexity index is 537. The van der Waals surface area contributed by atoms with Crippen LogP contribution in [0.15, 0.2) is 18.2 Å². The van der Waals surface area contributed by atoms with E-state index in [0.29, 0.717) is 0 Å². The molecule has 2 aliphatic carbocycles. The molecule has 0 aromatic heterocycles. The van der Waals surface area contributed by atoms with Gasteiger partial charge in [-0.15, -0.1) is 0 Å². The Kier molecular flexibility index (Phi) is 7.52. The van der Waals surface area contributed by atoms with Crippen LogP contribution in [0.25, 0.3) is 0 Å². The second-order valence-electron chi connectivity index (χ2n) is 8.99. The highest BCUT2D eigenvalue weighted by Crippen LogP contribution is 2.43. The molecule has 2 fully saturated rings. The zero-order valence-corrected chi connectivity index (χ0v) is 16.5. The molecule has 0 amide bonds. The fourth-order valence-electron chi connectivity index (χ4n) is 5.46. The summed E-state index contributed by atoms with van der Waals surface area (Å²) in [6.45, 7) is 2.30. The third-order valence-corrected chi connectivity index (χ3v) is 7.24. The summed E-state index contributed by atoms with van der Waals surface area (Å²) in [5, 5.41) is 0. The number of hydrogen-bond acceptors (Lipinski definition) is 0. The average Bonchev–Trinajstić information content (AvgIpc) is 2.68. The van der Waals surface area contributed by atoms with Crippen LogP contribution >= 0.6 is 0 Å². The molecule has 26 heavy (non-hydrogen) atoms. The third kappa shape index (κ3) is 5.54. The van der Waals surface area contributed by atoms with Crippen LogP contribution in [0.1, 0.15) is 89.5 Å². The highest BCUT2D eigenvalue weighted by molar-refractivity contribution is 5.17. The Labute approximate surface area is 158 Å². The van der Waals surface area contributed by atoms with E-state index in [9.17, 15) is 8.78 Å². The van der Waals surface area contributed by atoms with Crippen LogP contribution in [0, 0.1) is 35.3 Å². The van der Waals surface area contributed by atoms with E-state index in [4.69, 9.17) is 0 Å². The topological polar surface area (TPSA) is 0 Å². The van der Waals surface area contributed by atoms with E-state index in [1.54, 1.807) is 6.07 Å². The van der Waals surface area contributed by atoms with Crippen molar-refractivity contribution in [2.45, 2.75) is 90.4 Å². The van der Waals surface area contributed by atoms with Gasteiger partial charge in [-0.05, 0) is 79.9 Å². The number of halogens is 2. The summed E-state index contributed by atoms with van der Waals surface area (Å²) < 4.78 is 26.3. The Balaban J connectivity index is 1.36. The van der Waals surface area contributed by atoms with E-state index < -0.39 is 11.6 Å². The minimum absolute atomic E-state index is 0.708. The standard InChI is InChI=1S/C24H36F2/c1-2-3-4-18-7-12-21(13-8-18)22-14-9-19(10-15-22)5-6-20-11-16-23(25)24(26)17-20/h11,16-19,21-22H,2-10,12-15H2,1H3/t18?,19-,21?,22-. The average molecular weight is 363 g/mol. The van der Waals surface area contributed by atoms with Crippen LogP contribution in [-0.2, 0) is 6.42 Å². The maximum atomic E-state index is 13.3. The molecule has 0 atom stereocenters. The van der Waals surface area contributed by atoms with Crippen LogP contribution in [-0.4, -0.2) is 0 Å². The monoisotopic (exact) mass is 362 g/mol. The van der Waals surface area contributed by atoms with Crippen LogP contribution in [0.3, 0.4) is 0 Å². The zero-order chi connectivity index (χ0) is 18.4. The van der Waals surface area contributed by atoms with Gasteiger partial charge in [-0.3, -0.25) is 0 Å². The Hall–Kier alpha value is -0.920. The molecule has 0 spiro atoms. The maximum absolute atomic E-state index is 13.3. The van der Waals surface area contributed by atoms with Gasteiger partial charge in [0.25, 0.3) is 0 Å². The SMILES string of the molecule is CCCCC1CCC([C@H]2CC[C@H](CCc3ccc(F)c(F)c3)CC2)CC1. The summed E-state index contributed by atoms with van der Waals surface area (Å²) in [5.74, 6) is 2.29. The van der Waals surface area contributed by atoms with Crippen LogP contribution in [0.2, 0.25) is 0 Å². The van der Waals surface area contributed by atoms with Gasteiger partial charge in [0.15, 0.2) is 11.6 Å². The van der Waals surface area contributed by atoms with Gasteiger partial charge in [0, 0.05) is 0 Å². The summed E-state index contributed by atoms with van der Waals surface area (Å²) in [5.41, 5.74) is 0.941. The molecule has 0 saturated heterocycles. The first kappa shape index (κ1) is 19.8. The van der Waals surface area contributed by atoms with Crippen molar-refractivity contribution in [3.05, 3.63) is 35.4 Å². The van der Waals surface area contributed by atoms with Crippen LogP contribution in [0.4, 0.5) is 8.78 Å². The highest BCUT2D eigenvalue weighted by atomic mass is 19.2. The first-order chi connectivity index (χ1) is 12.7. The first-order valence-electron chi connectivity index (χ1n) is 11.1. The summed E-state index contributed by atoms with van der Waals surface area (Å²) in [6, 6.07) is 4.37. The van der Waals surface area contributed by atoms with E-state index in [1.165, 1.54) is 82.8 Å². The predicted octanol–water partition coefficient (Wildman–Crippen LogP) is 7.70. The molecule has 3 rings (SSSR count). The van der Waals surface area contributed by atoms with Crippen molar-refractivity contribution >= 4 is 0 Å². The van der Waals surface area contributed by atoms with Gasteiger partial charge in [0.2, 0.25) is 0 Å². The zero-order valence-electron chi connectivity index (χ0n) is 16.5. The van der Waals surface area contributed by atoms with Gasteiger partial charge in [-0.1, -0.05) is 57.9 Å². The van der Waals surface area contributed by atoms with Crippen molar-refractivity contribution in [1.82, 2.24) is 0 Å². The molecule has 0 nitrogen and oxygen atoms in total. The molecule has 146 valence electrons. The van der Waals surface area contributed by atoms with Gasteiger partial charge >= 0.3 is 0 Å². The van der Waals surface area contributed by atoms with Crippen molar-refractivity contribution in [2.75, 3.05) is 0 Å². The van der Waals surface area contributed by atoms with Crippen molar-refractivity contribution < 1.29 is 8.78 Å². The molecular weight excluding hydrogens is 326 g/mol. The fraction of sp³-hybridized carbons (Fsp3) is 0.750. The van der Waals surface area contributed by atoms with Crippen molar-refractivity contribution in [2.24, 2.45) is 23.7 Å². The molecule has 0 unspecified atom stereocenters. The van der Waals surface area contributed by atoms with Gasteiger partial charge in [-0.2, -0.15) is 0 Å². The van der Waals surface area contributed by atoms with Gasteiger partial charge in [0.1, 0.15) is 0 Å². The normalized spacial score (nSPS) is 29.7. The molecule has 2 aliphatic rings. The van der Waals surface area contributed by atoms with E-state index in [0.717, 1.165) is 42.1 Å². The van der Waals surface area contributed by atoms with E-state index in [2.05, 4.69) is 6.92 Å². The maximum Gasteiger partial charge on any atom is 0.159 e. The molecule has 0 heterocycles. The quantitative estimate of drug-likeness (QED) is 0.466. The molecule has 1 aromatic carbocycles. The number of rotatable bonds is 7. The Morgan fingerprint density at radius 3 is 1.88 bits per heavy atom. The predicted molar refractivity (Wildman–Crippen MR) is 105 cm³/mol. The lowest BCUT2D eigenvalue weighted by atomic mass is 9.68. The largest absolute Gasteiger partial charge is 0.204 e. The smallest absolute Gasteiger partial charge is 0.159 e. The second kappa shape index (κ2) is 9.85. The number of hydrogen-bond donors (Lipinski definition) is 0. The van der Waals surface area contributed by atoms with Crippen molar-refractivity contribution in [3.8, 4) is 0 Å². The van der Waals surface area contributed by atoms with Crippen LogP contribution < -0.4 is 0 Å². The summed E-state index contributed by atoms with van der Waals surface area (Å²) in [6.07, 6.45) is 17.6. The van der Waals surface area contributed by atoms with E-state index in [1.807, 2.05) is 0 Å². The summed E-state index contributed by atoms with van der Waals surface area (Å²) in [7, 11) is 0. The molecule has 0 radical (unpaired) electrons. The van der Waals surface area contributed by atoms with Crippen LogP contribution in [0.5, 0.6) is 0 Å². The van der Waals surface area contributed by atoms with Crippen molar-refractivity contribution in [1.29, 1.82) is 0 Å². The van der Waals surface area contributed by atoms with E-state index in [-0.39, 0.29) is 0 Å².